The van der Waals surface area contributed by atoms with Gasteiger partial charge in [0.05, 0.1) is 16.2 Å². The molecule has 1 saturated carbocycles. The van der Waals surface area contributed by atoms with E-state index < -0.39 is 0 Å². The summed E-state index contributed by atoms with van der Waals surface area (Å²) in [6.07, 6.45) is 6.03. The number of halogens is 1. The molecule has 1 fully saturated rings. The predicted octanol–water partition coefficient (Wildman–Crippen LogP) is 5.55. The zero-order valence-corrected chi connectivity index (χ0v) is 16.3. The third kappa shape index (κ3) is 3.79. The highest BCUT2D eigenvalue weighted by Gasteiger charge is 2.21. The average Bonchev–Trinajstić information content (AvgIpc) is 3.47. The number of aromatic nitrogens is 1. The van der Waals surface area contributed by atoms with Gasteiger partial charge in [-0.15, -0.1) is 0 Å². The average molecular weight is 378 g/mol. The molecule has 2 aromatic carbocycles. The molecule has 0 unspecified atom stereocenters. The molecule has 0 aliphatic heterocycles. The van der Waals surface area contributed by atoms with E-state index in [2.05, 4.69) is 60.2 Å². The van der Waals surface area contributed by atoms with Crippen LogP contribution < -0.4 is 11.1 Å². The summed E-state index contributed by atoms with van der Waals surface area (Å²) in [5.41, 5.74) is 13.2. The summed E-state index contributed by atoms with van der Waals surface area (Å²) in [6.45, 7) is 6.06. The van der Waals surface area contributed by atoms with Crippen molar-refractivity contribution in [2.24, 2.45) is 5.73 Å². The molecule has 3 nitrogen and oxygen atoms in total. The fourth-order valence-corrected chi connectivity index (χ4v) is 3.75. The first-order chi connectivity index (χ1) is 13.0. The molecule has 1 aromatic heterocycles. The molecule has 3 N–H and O–H groups in total. The van der Waals surface area contributed by atoms with Crippen LogP contribution in [0.2, 0.25) is 5.02 Å². The number of nitrogens with one attached hydrogen (secondary N) is 1. The van der Waals surface area contributed by atoms with Crippen molar-refractivity contribution in [3.63, 3.8) is 0 Å². The van der Waals surface area contributed by atoms with Crippen molar-refractivity contribution in [2.75, 3.05) is 5.32 Å². The minimum atomic E-state index is 0.591. The Bertz CT molecular complexity index is 1020. The largest absolute Gasteiger partial charge is 0.399 e. The van der Waals surface area contributed by atoms with E-state index >= 15 is 0 Å². The van der Waals surface area contributed by atoms with Crippen LogP contribution in [-0.4, -0.2) is 11.0 Å². The fourth-order valence-electron chi connectivity index (χ4n) is 3.49. The smallest absolute Gasteiger partial charge is 0.0708 e. The molecule has 0 radical (unpaired) electrons. The van der Waals surface area contributed by atoms with E-state index in [9.17, 15) is 0 Å². The van der Waals surface area contributed by atoms with E-state index in [1.807, 2.05) is 6.20 Å². The van der Waals surface area contributed by atoms with Crippen LogP contribution in [0.25, 0.3) is 16.6 Å². The zero-order valence-electron chi connectivity index (χ0n) is 15.6. The molecule has 0 amide bonds. The van der Waals surface area contributed by atoms with Crippen LogP contribution in [0.1, 0.15) is 42.0 Å². The van der Waals surface area contributed by atoms with Crippen LogP contribution in [0.3, 0.4) is 0 Å². The number of aryl methyl sites for hydroxylation is 1. The number of anilines is 1. The Morgan fingerprint density at radius 3 is 2.70 bits per heavy atom. The zero-order chi connectivity index (χ0) is 19.0. The molecular formula is C23H24ClN3. The summed E-state index contributed by atoms with van der Waals surface area (Å²) >= 11 is 6.49. The lowest BCUT2D eigenvalue weighted by molar-refractivity contribution is 1.12. The van der Waals surface area contributed by atoms with Crippen LogP contribution in [0.4, 0.5) is 5.69 Å². The van der Waals surface area contributed by atoms with E-state index in [0.29, 0.717) is 11.7 Å². The number of pyridine rings is 1. The van der Waals surface area contributed by atoms with Crippen LogP contribution in [-0.2, 0) is 12.8 Å². The second-order valence-electron chi connectivity index (χ2n) is 7.28. The molecule has 27 heavy (non-hydrogen) atoms. The van der Waals surface area contributed by atoms with Crippen LogP contribution in [0.5, 0.6) is 0 Å². The van der Waals surface area contributed by atoms with Crippen LogP contribution in [0, 0.1) is 0 Å². The van der Waals surface area contributed by atoms with Crippen molar-refractivity contribution >= 4 is 33.9 Å². The lowest BCUT2D eigenvalue weighted by Gasteiger charge is -2.13. The SMILES string of the molecule is C=C(N)c1cc2c(Cc3ccc(NC4CC4)c(Cl)c3)ccnc2cc1CC. The molecule has 3 aromatic rings. The van der Waals surface area contributed by atoms with Crippen molar-refractivity contribution < 1.29 is 0 Å². The molecule has 4 rings (SSSR count). The van der Waals surface area contributed by atoms with Gasteiger partial charge in [-0.3, -0.25) is 4.98 Å². The molecule has 1 heterocycles. The first-order valence-corrected chi connectivity index (χ1v) is 9.83. The molecule has 1 aliphatic rings. The normalized spacial score (nSPS) is 13.7. The van der Waals surface area contributed by atoms with Gasteiger partial charge in [-0.25, -0.2) is 0 Å². The maximum atomic E-state index is 6.49. The lowest BCUT2D eigenvalue weighted by atomic mass is 9.95. The first-order valence-electron chi connectivity index (χ1n) is 9.45. The molecule has 1 aliphatic carbocycles. The highest BCUT2D eigenvalue weighted by Crippen LogP contribution is 2.31. The summed E-state index contributed by atoms with van der Waals surface area (Å²) in [5, 5.41) is 5.37. The topological polar surface area (TPSA) is 50.9 Å². The van der Waals surface area contributed by atoms with E-state index in [4.69, 9.17) is 17.3 Å². The van der Waals surface area contributed by atoms with Gasteiger partial charge in [-0.1, -0.05) is 31.2 Å². The van der Waals surface area contributed by atoms with Crippen molar-refractivity contribution in [2.45, 2.75) is 38.6 Å². The number of nitrogens with two attached hydrogens (primary N) is 1. The fraction of sp³-hybridized carbons (Fsp3) is 0.261. The Labute approximate surface area is 165 Å². The molecule has 138 valence electrons. The van der Waals surface area contributed by atoms with Gasteiger partial charge in [-0.2, -0.15) is 0 Å². The Balaban J connectivity index is 1.70. The minimum Gasteiger partial charge on any atom is -0.399 e. The molecular weight excluding hydrogens is 354 g/mol. The Kier molecular flexibility index (Phi) is 4.79. The Morgan fingerprint density at radius 1 is 1.22 bits per heavy atom. The van der Waals surface area contributed by atoms with Gasteiger partial charge < -0.3 is 11.1 Å². The number of nitrogens with zero attached hydrogens (tertiary/aromatic N) is 1. The summed E-state index contributed by atoms with van der Waals surface area (Å²) in [6, 6.07) is 13.2. The van der Waals surface area contributed by atoms with Gasteiger partial charge in [-0.05, 0) is 72.7 Å². The second kappa shape index (κ2) is 7.24. The first kappa shape index (κ1) is 17.9. The van der Waals surface area contributed by atoms with Crippen molar-refractivity contribution in [1.29, 1.82) is 0 Å². The second-order valence-corrected chi connectivity index (χ2v) is 7.69. The number of benzene rings is 2. The van der Waals surface area contributed by atoms with Crippen LogP contribution >= 0.6 is 11.6 Å². The van der Waals surface area contributed by atoms with Crippen molar-refractivity contribution in [1.82, 2.24) is 4.98 Å². The number of rotatable bonds is 6. The van der Waals surface area contributed by atoms with Gasteiger partial charge in [0, 0.05) is 28.9 Å². The van der Waals surface area contributed by atoms with Gasteiger partial charge in [0.1, 0.15) is 0 Å². The lowest BCUT2D eigenvalue weighted by Crippen LogP contribution is -2.02. The number of hydrogen-bond acceptors (Lipinski definition) is 3. The van der Waals surface area contributed by atoms with Crippen molar-refractivity contribution in [3.05, 3.63) is 76.5 Å². The monoisotopic (exact) mass is 377 g/mol. The Morgan fingerprint density at radius 2 is 2.04 bits per heavy atom. The van der Waals surface area contributed by atoms with Gasteiger partial charge in [0.2, 0.25) is 0 Å². The number of fused-ring (bicyclic) bond motifs is 1. The maximum absolute atomic E-state index is 6.49. The standard InChI is InChI=1S/C23H24ClN3/c1-3-16-12-23-20(13-19(16)14(2)25)17(8-9-26-23)10-15-4-7-22(21(24)11-15)27-18-5-6-18/h4,7-9,11-13,18,27H,2-3,5-6,10,25H2,1H3. The third-order valence-electron chi connectivity index (χ3n) is 5.15. The summed E-state index contributed by atoms with van der Waals surface area (Å²) in [5.74, 6) is 0. The third-order valence-corrected chi connectivity index (χ3v) is 5.46. The van der Waals surface area contributed by atoms with E-state index in [-0.39, 0.29) is 0 Å². The maximum Gasteiger partial charge on any atom is 0.0708 e. The summed E-state index contributed by atoms with van der Waals surface area (Å²) in [4.78, 5) is 4.56. The van der Waals surface area contributed by atoms with E-state index in [1.165, 1.54) is 29.5 Å². The number of hydrogen-bond donors (Lipinski definition) is 2. The highest BCUT2D eigenvalue weighted by atomic mass is 35.5. The van der Waals surface area contributed by atoms with E-state index in [0.717, 1.165) is 40.0 Å². The quantitative estimate of drug-likeness (QED) is 0.592. The molecule has 0 atom stereocenters. The van der Waals surface area contributed by atoms with Gasteiger partial charge >= 0.3 is 0 Å². The molecule has 0 bridgehead atoms. The van der Waals surface area contributed by atoms with Gasteiger partial charge in [0.25, 0.3) is 0 Å². The highest BCUT2D eigenvalue weighted by molar-refractivity contribution is 6.33. The molecule has 0 saturated heterocycles. The van der Waals surface area contributed by atoms with Crippen LogP contribution in [0.15, 0.2) is 49.2 Å². The van der Waals surface area contributed by atoms with E-state index in [1.54, 1.807) is 0 Å². The molecule has 4 heteroatoms. The van der Waals surface area contributed by atoms with Gasteiger partial charge in [0.15, 0.2) is 0 Å². The predicted molar refractivity (Wildman–Crippen MR) is 115 cm³/mol. The molecule has 0 spiro atoms. The summed E-state index contributed by atoms with van der Waals surface area (Å²) < 4.78 is 0. The summed E-state index contributed by atoms with van der Waals surface area (Å²) in [7, 11) is 0. The minimum absolute atomic E-state index is 0.591. The van der Waals surface area contributed by atoms with Crippen molar-refractivity contribution in [3.8, 4) is 0 Å². The Hall–Kier alpha value is -2.52.